The molecule has 2 unspecified atom stereocenters. The second-order valence-corrected chi connectivity index (χ2v) is 7.03. The van der Waals surface area contributed by atoms with Crippen molar-refractivity contribution in [2.45, 2.75) is 67.7 Å². The zero-order chi connectivity index (χ0) is 26.1. The molecule has 0 saturated carbocycles. The number of allylic oxidation sites excluding steroid dienone is 10. The van der Waals surface area contributed by atoms with Crippen molar-refractivity contribution in [1.82, 2.24) is 0 Å². The van der Waals surface area contributed by atoms with Crippen molar-refractivity contribution in [3.05, 3.63) is 97.2 Å². The first-order valence-corrected chi connectivity index (χ1v) is 11.5. The Labute approximate surface area is 200 Å². The quantitative estimate of drug-likeness (QED) is 0.242. The van der Waals surface area contributed by atoms with Gasteiger partial charge in [0.2, 0.25) is 0 Å². The van der Waals surface area contributed by atoms with Crippen LogP contribution in [0.25, 0.3) is 0 Å². The molecule has 0 aromatic carbocycles. The highest BCUT2D eigenvalue weighted by molar-refractivity contribution is 5.48. The first-order chi connectivity index (χ1) is 15.2. The van der Waals surface area contributed by atoms with E-state index in [-0.39, 0.29) is 6.61 Å². The van der Waals surface area contributed by atoms with Crippen LogP contribution in [0.3, 0.4) is 0 Å². The summed E-state index contributed by atoms with van der Waals surface area (Å²) in [7, 11) is 0. The number of hydrogen-bond acceptors (Lipinski definition) is 2. The predicted octanol–water partition coefficient (Wildman–Crippen LogP) is 8.76. The van der Waals surface area contributed by atoms with Crippen LogP contribution in [0.15, 0.2) is 97.2 Å². The van der Waals surface area contributed by atoms with Crippen LogP contribution < -0.4 is 0 Å². The van der Waals surface area contributed by atoms with E-state index in [2.05, 4.69) is 72.7 Å². The minimum Gasteiger partial charge on any atom is -0.396 e. The highest BCUT2D eigenvalue weighted by Gasteiger charge is 2.04. The van der Waals surface area contributed by atoms with Crippen LogP contribution in [0.5, 0.6) is 0 Å². The van der Waals surface area contributed by atoms with Crippen LogP contribution >= 0.6 is 0 Å². The molecule has 0 spiro atoms. The largest absolute Gasteiger partial charge is 0.396 e. The second-order valence-electron chi connectivity index (χ2n) is 7.03. The van der Waals surface area contributed by atoms with Crippen LogP contribution in [0.4, 0.5) is 0 Å². The van der Waals surface area contributed by atoms with Gasteiger partial charge in [0.25, 0.3) is 0 Å². The van der Waals surface area contributed by atoms with Crippen molar-refractivity contribution < 1.29 is 9.90 Å². The third kappa shape index (κ3) is 20.8. The van der Waals surface area contributed by atoms with Gasteiger partial charge in [0.1, 0.15) is 6.79 Å². The first-order valence-electron chi connectivity index (χ1n) is 11.5. The van der Waals surface area contributed by atoms with Gasteiger partial charge in [0, 0.05) is 6.61 Å². The lowest BCUT2D eigenvalue weighted by Crippen LogP contribution is -1.95. The van der Waals surface area contributed by atoms with E-state index >= 15 is 0 Å². The monoisotopic (exact) mass is 442 g/mol. The van der Waals surface area contributed by atoms with E-state index in [1.807, 2.05) is 45.8 Å². The van der Waals surface area contributed by atoms with Gasteiger partial charge >= 0.3 is 0 Å². The Morgan fingerprint density at radius 1 is 0.938 bits per heavy atom. The zero-order valence-corrected chi connectivity index (χ0v) is 22.0. The maximum absolute atomic E-state index is 9.21. The molecule has 2 heteroatoms. The Hall–Kier alpha value is -2.45. The molecule has 182 valence electrons. The SMILES string of the molecule is C=C(/C=C\C(=C)C(C)/C=C\C(C)CC)C(=C)/C=C(/CCO)C(=C)CC.C=CC.C=O.CC. The van der Waals surface area contributed by atoms with E-state index in [9.17, 15) is 5.11 Å². The van der Waals surface area contributed by atoms with Crippen LogP contribution in [0, 0.1) is 11.8 Å². The van der Waals surface area contributed by atoms with E-state index < -0.39 is 0 Å². The Kier molecular flexibility index (Phi) is 30.7. The van der Waals surface area contributed by atoms with Gasteiger partial charge in [-0.1, -0.05) is 116 Å². The first kappa shape index (κ1) is 36.9. The molecule has 0 saturated heterocycles. The normalized spacial score (nSPS) is 12.2. The zero-order valence-electron chi connectivity index (χ0n) is 22.0. The maximum Gasteiger partial charge on any atom is 0.106 e. The summed E-state index contributed by atoms with van der Waals surface area (Å²) in [5.74, 6) is 0.891. The molecule has 0 aliphatic heterocycles. The summed E-state index contributed by atoms with van der Waals surface area (Å²) in [6.45, 7) is 36.4. The Balaban J connectivity index is -0.000000499. The van der Waals surface area contributed by atoms with Crippen LogP contribution in [0.2, 0.25) is 0 Å². The minimum atomic E-state index is 0.108. The Morgan fingerprint density at radius 3 is 1.84 bits per heavy atom. The number of rotatable bonds is 12. The lowest BCUT2D eigenvalue weighted by Gasteiger charge is -2.10. The topological polar surface area (TPSA) is 37.3 Å². The van der Waals surface area contributed by atoms with Crippen molar-refractivity contribution in [3.63, 3.8) is 0 Å². The molecule has 0 aromatic heterocycles. The molecule has 0 aromatic rings. The summed E-state index contributed by atoms with van der Waals surface area (Å²) in [5, 5.41) is 9.21. The van der Waals surface area contributed by atoms with Crippen molar-refractivity contribution in [2.75, 3.05) is 6.61 Å². The molecule has 0 fully saturated rings. The molecular formula is C30H50O2. The summed E-state index contributed by atoms with van der Waals surface area (Å²) >= 11 is 0. The number of aliphatic hydroxyl groups excluding tert-OH is 1. The average Bonchev–Trinajstić information content (AvgIpc) is 2.82. The highest BCUT2D eigenvalue weighted by atomic mass is 16.3. The fourth-order valence-electron chi connectivity index (χ4n) is 2.08. The second kappa shape index (κ2) is 26.6. The van der Waals surface area contributed by atoms with E-state index in [0.717, 1.165) is 40.7 Å². The lowest BCUT2D eigenvalue weighted by molar-refractivity contribution is -0.0979. The standard InChI is InChI=1S/C24H36O.C3H6.C2H6.CH2O/c1-9-18(3)11-12-20(5)21(6)13-14-22(7)23(8)17-24(15-16-25)19(4)10-2;1-3-2;2*1-2/h11-14,17-18,20,25H,4,6-10,15-16H2,1-3,5H3;3H,1H2,2H3;1-2H3;1H2/b12-11-,14-13-,24-17-;;;. The average molecular weight is 443 g/mol. The van der Waals surface area contributed by atoms with Gasteiger partial charge in [0.05, 0.1) is 0 Å². The molecule has 0 bridgehead atoms. The molecular weight excluding hydrogens is 392 g/mol. The van der Waals surface area contributed by atoms with E-state index in [1.165, 1.54) is 0 Å². The van der Waals surface area contributed by atoms with Crippen molar-refractivity contribution >= 4 is 6.79 Å². The minimum absolute atomic E-state index is 0.108. The summed E-state index contributed by atoms with van der Waals surface area (Å²) in [5.41, 5.74) is 4.79. The van der Waals surface area contributed by atoms with Gasteiger partial charge in [-0.15, -0.1) is 6.58 Å². The van der Waals surface area contributed by atoms with Gasteiger partial charge in [-0.3, -0.25) is 0 Å². The molecule has 0 heterocycles. The third-order valence-electron chi connectivity index (χ3n) is 4.48. The van der Waals surface area contributed by atoms with Crippen molar-refractivity contribution in [3.8, 4) is 0 Å². The predicted molar refractivity (Wildman–Crippen MR) is 148 cm³/mol. The number of hydrogen-bond donors (Lipinski definition) is 1. The molecule has 0 aliphatic carbocycles. The summed E-state index contributed by atoms with van der Waals surface area (Å²) in [6.07, 6.45) is 14.7. The van der Waals surface area contributed by atoms with Gasteiger partial charge in [-0.25, -0.2) is 0 Å². The molecule has 0 radical (unpaired) electrons. The smallest absolute Gasteiger partial charge is 0.106 e. The van der Waals surface area contributed by atoms with E-state index in [1.54, 1.807) is 6.08 Å². The van der Waals surface area contributed by atoms with Crippen LogP contribution in [-0.4, -0.2) is 18.5 Å². The molecule has 0 aliphatic rings. The summed E-state index contributed by atoms with van der Waals surface area (Å²) in [6, 6.07) is 0. The van der Waals surface area contributed by atoms with Crippen molar-refractivity contribution in [1.29, 1.82) is 0 Å². The molecule has 0 rings (SSSR count). The van der Waals surface area contributed by atoms with Crippen LogP contribution in [0.1, 0.15) is 67.7 Å². The molecule has 2 atom stereocenters. The summed E-state index contributed by atoms with van der Waals surface area (Å²) in [4.78, 5) is 8.00. The maximum atomic E-state index is 9.21. The molecule has 0 amide bonds. The molecule has 2 nitrogen and oxygen atoms in total. The third-order valence-corrected chi connectivity index (χ3v) is 4.48. The molecule has 32 heavy (non-hydrogen) atoms. The Bertz CT molecular complexity index is 629. The number of carbonyl (C=O) groups excluding carboxylic acids is 1. The number of aliphatic hydroxyl groups is 1. The lowest BCUT2D eigenvalue weighted by atomic mass is 9.96. The molecule has 1 N–H and O–H groups in total. The van der Waals surface area contributed by atoms with Crippen molar-refractivity contribution in [2.24, 2.45) is 11.8 Å². The van der Waals surface area contributed by atoms with Gasteiger partial charge in [-0.05, 0) is 53.9 Å². The highest BCUT2D eigenvalue weighted by Crippen LogP contribution is 2.21. The fraction of sp³-hybridized carbons (Fsp3) is 0.433. The fourth-order valence-corrected chi connectivity index (χ4v) is 2.08. The Morgan fingerprint density at radius 2 is 1.44 bits per heavy atom. The number of carbonyl (C=O) groups is 1. The van der Waals surface area contributed by atoms with E-state index in [0.29, 0.717) is 18.3 Å². The van der Waals surface area contributed by atoms with Crippen LogP contribution in [-0.2, 0) is 4.79 Å². The summed E-state index contributed by atoms with van der Waals surface area (Å²) < 4.78 is 0. The van der Waals surface area contributed by atoms with Gasteiger partial charge < -0.3 is 9.90 Å². The van der Waals surface area contributed by atoms with Gasteiger partial charge in [-0.2, -0.15) is 0 Å². The van der Waals surface area contributed by atoms with Gasteiger partial charge in [0.15, 0.2) is 0 Å². The van der Waals surface area contributed by atoms with E-state index in [4.69, 9.17) is 4.79 Å².